The number of nitrogens with one attached hydrogen (secondary N) is 1. The highest BCUT2D eigenvalue weighted by Gasteiger charge is 2.26. The van der Waals surface area contributed by atoms with E-state index in [1.165, 1.54) is 16.7 Å². The zero-order valence-electron chi connectivity index (χ0n) is 15.2. The van der Waals surface area contributed by atoms with Crippen LogP contribution in [-0.2, 0) is 24.1 Å². The molecule has 8 nitrogen and oxygen atoms in total. The largest absolute Gasteiger partial charge is 0.419 e. The maximum atomic E-state index is 13.1. The Kier molecular flexibility index (Phi) is 4.40. The van der Waals surface area contributed by atoms with Gasteiger partial charge in [0.15, 0.2) is 5.58 Å². The molecule has 0 spiro atoms. The molecule has 0 saturated carbocycles. The third-order valence-electron chi connectivity index (χ3n) is 4.60. The standard InChI is InChI=1S/C19H18N4O4S/c1-22-11-10-20-18(22)17(13-6-4-3-5-7-13)21-28(25,26)14-8-9-15-16(12-14)27-19(24)23(15)2/h3-12,17,21H,1-2H3/t17-/m0/s1. The van der Waals surface area contributed by atoms with Crippen LogP contribution in [-0.4, -0.2) is 22.5 Å². The number of hydrogen-bond donors (Lipinski definition) is 1. The highest BCUT2D eigenvalue weighted by atomic mass is 32.2. The summed E-state index contributed by atoms with van der Waals surface area (Å²) in [5.74, 6) is 0.00905. The van der Waals surface area contributed by atoms with Gasteiger partial charge >= 0.3 is 5.76 Å². The van der Waals surface area contributed by atoms with Crippen molar-refractivity contribution in [2.24, 2.45) is 14.1 Å². The molecule has 0 aliphatic carbocycles. The summed E-state index contributed by atoms with van der Waals surface area (Å²) in [5, 5.41) is 0. The lowest BCUT2D eigenvalue weighted by Crippen LogP contribution is -2.31. The number of fused-ring (bicyclic) bond motifs is 1. The lowest BCUT2D eigenvalue weighted by molar-refractivity contribution is 0.527. The van der Waals surface area contributed by atoms with Crippen molar-refractivity contribution in [1.82, 2.24) is 18.8 Å². The van der Waals surface area contributed by atoms with Gasteiger partial charge in [-0.2, -0.15) is 4.72 Å². The van der Waals surface area contributed by atoms with Gasteiger partial charge in [0.1, 0.15) is 11.9 Å². The van der Waals surface area contributed by atoms with E-state index in [1.54, 1.807) is 37.1 Å². The van der Waals surface area contributed by atoms with Crippen LogP contribution in [0.15, 0.2) is 75.0 Å². The van der Waals surface area contributed by atoms with Gasteiger partial charge in [0.2, 0.25) is 10.0 Å². The predicted octanol–water partition coefficient (Wildman–Crippen LogP) is 1.93. The van der Waals surface area contributed by atoms with Gasteiger partial charge in [0, 0.05) is 32.6 Å². The lowest BCUT2D eigenvalue weighted by atomic mass is 10.1. The molecule has 0 fully saturated rings. The van der Waals surface area contributed by atoms with E-state index in [-0.39, 0.29) is 10.5 Å². The first-order chi connectivity index (χ1) is 13.4. The maximum absolute atomic E-state index is 13.1. The van der Waals surface area contributed by atoms with Crippen LogP contribution >= 0.6 is 0 Å². The molecular weight excluding hydrogens is 380 g/mol. The van der Waals surface area contributed by atoms with Gasteiger partial charge in [0.05, 0.1) is 10.4 Å². The number of rotatable bonds is 5. The molecule has 144 valence electrons. The summed E-state index contributed by atoms with van der Waals surface area (Å²) in [4.78, 5) is 16.0. The maximum Gasteiger partial charge on any atom is 0.419 e. The van der Waals surface area contributed by atoms with Crippen LogP contribution in [0, 0.1) is 0 Å². The number of sulfonamides is 1. The van der Waals surface area contributed by atoms with E-state index in [9.17, 15) is 13.2 Å². The van der Waals surface area contributed by atoms with Crippen molar-refractivity contribution >= 4 is 21.1 Å². The predicted molar refractivity (Wildman–Crippen MR) is 103 cm³/mol. The molecule has 0 bridgehead atoms. The van der Waals surface area contributed by atoms with Crippen molar-refractivity contribution in [2.75, 3.05) is 0 Å². The third-order valence-corrected chi connectivity index (χ3v) is 6.02. The quantitative estimate of drug-likeness (QED) is 0.554. The fourth-order valence-corrected chi connectivity index (χ4v) is 4.27. The SMILES string of the molecule is Cn1ccnc1[C@@H](NS(=O)(=O)c1ccc2c(c1)oc(=O)n2C)c1ccccc1. The Bertz CT molecular complexity index is 1300. The van der Waals surface area contributed by atoms with Crippen molar-refractivity contribution in [2.45, 2.75) is 10.9 Å². The van der Waals surface area contributed by atoms with E-state index in [4.69, 9.17) is 4.42 Å². The Morgan fingerprint density at radius 1 is 1.11 bits per heavy atom. The summed E-state index contributed by atoms with van der Waals surface area (Å²) in [6.45, 7) is 0. The van der Waals surface area contributed by atoms with Gasteiger partial charge in [-0.1, -0.05) is 30.3 Å². The van der Waals surface area contributed by atoms with E-state index in [1.807, 2.05) is 30.3 Å². The summed E-state index contributed by atoms with van der Waals surface area (Å²) in [6.07, 6.45) is 3.37. The monoisotopic (exact) mass is 398 g/mol. The third kappa shape index (κ3) is 3.14. The molecule has 2 heterocycles. The average Bonchev–Trinajstić information content (AvgIpc) is 3.23. The van der Waals surface area contributed by atoms with Gasteiger partial charge in [0.25, 0.3) is 0 Å². The van der Waals surface area contributed by atoms with Crippen LogP contribution in [0.5, 0.6) is 0 Å². The number of oxazole rings is 1. The van der Waals surface area contributed by atoms with Crippen molar-refractivity contribution < 1.29 is 12.8 Å². The number of hydrogen-bond acceptors (Lipinski definition) is 5. The minimum absolute atomic E-state index is 0.00416. The first-order valence-electron chi connectivity index (χ1n) is 8.51. The molecule has 2 aromatic carbocycles. The van der Waals surface area contributed by atoms with Crippen LogP contribution in [0.4, 0.5) is 0 Å². The van der Waals surface area contributed by atoms with Gasteiger partial charge in [-0.25, -0.2) is 18.2 Å². The number of benzene rings is 2. The minimum Gasteiger partial charge on any atom is -0.408 e. The summed E-state index contributed by atoms with van der Waals surface area (Å²) < 4.78 is 37.1. The van der Waals surface area contributed by atoms with Crippen LogP contribution in [0.1, 0.15) is 17.4 Å². The molecule has 2 aromatic heterocycles. The van der Waals surface area contributed by atoms with E-state index >= 15 is 0 Å². The fourth-order valence-electron chi connectivity index (χ4n) is 3.08. The topological polar surface area (TPSA) is 99.1 Å². The number of imidazole rings is 1. The molecule has 9 heteroatoms. The summed E-state index contributed by atoms with van der Waals surface area (Å²) in [7, 11) is -0.555. The zero-order chi connectivity index (χ0) is 19.9. The molecule has 4 rings (SSSR count). The first-order valence-corrected chi connectivity index (χ1v) is 9.99. The minimum atomic E-state index is -3.92. The van der Waals surface area contributed by atoms with Gasteiger partial charge in [-0.05, 0) is 17.7 Å². The molecule has 0 unspecified atom stereocenters. The highest BCUT2D eigenvalue weighted by molar-refractivity contribution is 7.89. The molecule has 0 radical (unpaired) electrons. The van der Waals surface area contributed by atoms with Gasteiger partial charge in [-0.15, -0.1) is 0 Å². The second-order valence-corrected chi connectivity index (χ2v) is 8.13. The van der Waals surface area contributed by atoms with Crippen molar-refractivity contribution in [3.8, 4) is 0 Å². The van der Waals surface area contributed by atoms with E-state index < -0.39 is 21.8 Å². The molecule has 0 amide bonds. The number of aryl methyl sites for hydroxylation is 2. The summed E-state index contributed by atoms with van der Waals surface area (Å²) >= 11 is 0. The summed E-state index contributed by atoms with van der Waals surface area (Å²) in [6, 6.07) is 12.9. The van der Waals surface area contributed by atoms with Crippen LogP contribution in [0.3, 0.4) is 0 Å². The Labute approximate surface area is 161 Å². The van der Waals surface area contributed by atoms with E-state index in [0.717, 1.165) is 5.56 Å². The van der Waals surface area contributed by atoms with Crippen molar-refractivity contribution in [1.29, 1.82) is 0 Å². The van der Waals surface area contributed by atoms with Crippen LogP contribution < -0.4 is 10.5 Å². The molecule has 1 atom stereocenters. The van der Waals surface area contributed by atoms with Crippen LogP contribution in [0.2, 0.25) is 0 Å². The van der Waals surface area contributed by atoms with Crippen LogP contribution in [0.25, 0.3) is 11.1 Å². The van der Waals surface area contributed by atoms with Crippen molar-refractivity contribution in [3.05, 3.63) is 82.9 Å². The molecule has 0 aliphatic heterocycles. The Morgan fingerprint density at radius 3 is 2.54 bits per heavy atom. The Hall–Kier alpha value is -3.17. The molecule has 0 aliphatic rings. The smallest absolute Gasteiger partial charge is 0.408 e. The average molecular weight is 398 g/mol. The summed E-state index contributed by atoms with van der Waals surface area (Å²) in [5.41, 5.74) is 1.49. The Balaban J connectivity index is 1.77. The number of nitrogens with zero attached hydrogens (tertiary/aromatic N) is 3. The van der Waals surface area contributed by atoms with Crippen molar-refractivity contribution in [3.63, 3.8) is 0 Å². The van der Waals surface area contributed by atoms with E-state index in [0.29, 0.717) is 11.3 Å². The van der Waals surface area contributed by atoms with Gasteiger partial charge in [-0.3, -0.25) is 4.57 Å². The molecule has 28 heavy (non-hydrogen) atoms. The Morgan fingerprint density at radius 2 is 1.86 bits per heavy atom. The normalized spacial score (nSPS) is 13.1. The molecular formula is C19H18N4O4S. The first kappa shape index (κ1) is 18.2. The second-order valence-electron chi connectivity index (χ2n) is 6.42. The zero-order valence-corrected chi connectivity index (χ0v) is 16.1. The molecule has 4 aromatic rings. The van der Waals surface area contributed by atoms with Gasteiger partial charge < -0.3 is 8.98 Å². The second kappa shape index (κ2) is 6.77. The highest BCUT2D eigenvalue weighted by Crippen LogP contribution is 2.24. The fraction of sp³-hybridized carbons (Fsp3) is 0.158. The lowest BCUT2D eigenvalue weighted by Gasteiger charge is -2.19. The van der Waals surface area contributed by atoms with E-state index in [2.05, 4.69) is 9.71 Å². The number of aromatic nitrogens is 3. The molecule has 0 saturated heterocycles. The molecule has 1 N–H and O–H groups in total.